The number of hydrogen-bond donors (Lipinski definition) is 3. The Morgan fingerprint density at radius 3 is 1.96 bits per heavy atom. The molecule has 1 fully saturated rings. The molecule has 0 aliphatic heterocycles. The third-order valence-corrected chi connectivity index (χ3v) is 4.82. The zero-order valence-corrected chi connectivity index (χ0v) is 14.6. The number of esters is 1. The molecular weight excluding hydrogens is 412 g/mol. The summed E-state index contributed by atoms with van der Waals surface area (Å²) < 4.78 is 111. The van der Waals surface area contributed by atoms with E-state index in [0.717, 1.165) is 19.3 Å². The van der Waals surface area contributed by atoms with Crippen LogP contribution in [0, 0.1) is 0 Å². The van der Waals surface area contributed by atoms with Crippen LogP contribution in [0.3, 0.4) is 0 Å². The van der Waals surface area contributed by atoms with Gasteiger partial charge in [0.1, 0.15) is 11.9 Å². The van der Waals surface area contributed by atoms with E-state index in [-0.39, 0.29) is 6.04 Å². The highest BCUT2D eigenvalue weighted by molar-refractivity contribution is 7.85. The van der Waals surface area contributed by atoms with Gasteiger partial charge in [0.15, 0.2) is 0 Å². The Hall–Kier alpha value is -1.12. The highest BCUT2D eigenvalue weighted by Crippen LogP contribution is 2.44. The van der Waals surface area contributed by atoms with Crippen molar-refractivity contribution in [3.05, 3.63) is 0 Å². The summed E-state index contributed by atoms with van der Waals surface area (Å²) in [5.74, 6) is -4.56. The molecule has 1 saturated carbocycles. The van der Waals surface area contributed by atoms with Gasteiger partial charge in [-0.25, -0.2) is 4.79 Å². The summed E-state index contributed by atoms with van der Waals surface area (Å²) in [5, 5.41) is 11.6. The van der Waals surface area contributed by atoms with Crippen molar-refractivity contribution in [2.24, 2.45) is 0 Å². The summed E-state index contributed by atoms with van der Waals surface area (Å²) in [7, 11) is -4.90. The fraction of sp³-hybridized carbons (Fsp3) is 0.923. The zero-order valence-electron chi connectivity index (χ0n) is 13.8. The van der Waals surface area contributed by atoms with Crippen LogP contribution < -0.4 is 5.32 Å². The topological polar surface area (TPSA) is 113 Å². The lowest BCUT2D eigenvalue weighted by molar-refractivity contribution is -0.357. The molecule has 0 aromatic carbocycles. The van der Waals surface area contributed by atoms with Crippen molar-refractivity contribution in [1.29, 1.82) is 0 Å². The molecule has 0 heterocycles. The predicted molar refractivity (Wildman–Crippen MR) is 78.2 cm³/mol. The van der Waals surface area contributed by atoms with Gasteiger partial charge >= 0.3 is 23.9 Å². The Labute approximate surface area is 150 Å². The lowest BCUT2D eigenvalue weighted by atomic mass is 9.95. The molecule has 0 spiro atoms. The molecule has 0 amide bonds. The van der Waals surface area contributed by atoms with Crippen molar-refractivity contribution in [1.82, 2.24) is 5.32 Å². The summed E-state index contributed by atoms with van der Waals surface area (Å²) in [6.07, 6.45) is -11.2. The summed E-state index contributed by atoms with van der Waals surface area (Å²) in [6, 6.07) is -0.203. The van der Waals surface area contributed by atoms with Crippen LogP contribution in [0.1, 0.15) is 32.1 Å². The largest absolute Gasteiger partial charge is 0.457 e. The van der Waals surface area contributed by atoms with Crippen LogP contribution in [0.2, 0.25) is 0 Å². The number of halogens is 6. The second-order valence-corrected chi connectivity index (χ2v) is 7.72. The van der Waals surface area contributed by atoms with Crippen molar-refractivity contribution < 1.29 is 54.0 Å². The maximum absolute atomic E-state index is 12.7. The summed E-state index contributed by atoms with van der Waals surface area (Å²) in [5.41, 5.74) is -5.83. The van der Waals surface area contributed by atoms with Crippen LogP contribution >= 0.6 is 0 Å². The van der Waals surface area contributed by atoms with Crippen molar-refractivity contribution >= 4 is 16.1 Å². The van der Waals surface area contributed by atoms with E-state index < -0.39 is 52.4 Å². The molecule has 0 bridgehead atoms. The zero-order chi connectivity index (χ0) is 21.1. The molecule has 1 unspecified atom stereocenters. The number of aliphatic hydroxyl groups is 1. The normalized spacial score (nSPS) is 19.0. The van der Waals surface area contributed by atoms with E-state index in [1.165, 1.54) is 0 Å². The second-order valence-electron chi connectivity index (χ2n) is 6.23. The first-order valence-corrected chi connectivity index (χ1v) is 9.44. The molecule has 3 N–H and O–H groups in total. The van der Waals surface area contributed by atoms with Gasteiger partial charge in [0.05, 0.1) is 0 Å². The highest BCUT2D eigenvalue weighted by atomic mass is 32.2. The van der Waals surface area contributed by atoms with Gasteiger partial charge in [-0.3, -0.25) is 4.55 Å². The van der Waals surface area contributed by atoms with Crippen LogP contribution in [-0.2, 0) is 19.6 Å². The number of alkyl halides is 6. The average Bonchev–Trinajstić information content (AvgIpc) is 2.49. The van der Waals surface area contributed by atoms with Gasteiger partial charge in [0.2, 0.25) is 0 Å². The van der Waals surface area contributed by atoms with Gasteiger partial charge < -0.3 is 15.2 Å². The molecule has 27 heavy (non-hydrogen) atoms. The van der Waals surface area contributed by atoms with Crippen molar-refractivity contribution in [3.63, 3.8) is 0 Å². The van der Waals surface area contributed by atoms with Crippen LogP contribution in [0.15, 0.2) is 0 Å². The minimum Gasteiger partial charge on any atom is -0.457 e. The monoisotopic (exact) mass is 431 g/mol. The SMILES string of the molecule is O=C(OC(CNC1CCCCC1)CS(=O)(=O)O)C(O)(C(F)(F)F)C(F)(F)F. The Kier molecular flexibility index (Phi) is 7.52. The minimum atomic E-state index is -6.46. The fourth-order valence-electron chi connectivity index (χ4n) is 2.60. The van der Waals surface area contributed by atoms with Gasteiger partial charge in [0, 0.05) is 12.6 Å². The number of nitrogens with one attached hydrogen (secondary N) is 1. The first kappa shape index (κ1) is 23.9. The Balaban J connectivity index is 2.96. The maximum atomic E-state index is 12.7. The smallest absolute Gasteiger partial charge is 0.437 e. The Morgan fingerprint density at radius 1 is 1.07 bits per heavy atom. The minimum absolute atomic E-state index is 0.203. The number of carbonyl (C=O) groups excluding carboxylic acids is 1. The van der Waals surface area contributed by atoms with Crippen molar-refractivity contribution in [2.45, 2.75) is 62.2 Å². The van der Waals surface area contributed by atoms with Gasteiger partial charge in [-0.1, -0.05) is 19.3 Å². The molecule has 1 atom stereocenters. The predicted octanol–water partition coefficient (Wildman–Crippen LogP) is 1.56. The number of hydrogen-bond acceptors (Lipinski definition) is 6. The van der Waals surface area contributed by atoms with Crippen LogP contribution in [0.4, 0.5) is 26.3 Å². The van der Waals surface area contributed by atoms with Crippen LogP contribution in [0.25, 0.3) is 0 Å². The van der Waals surface area contributed by atoms with Gasteiger partial charge in [-0.2, -0.15) is 34.8 Å². The third-order valence-electron chi connectivity index (χ3n) is 4.03. The third kappa shape index (κ3) is 6.47. The first-order chi connectivity index (χ1) is 12.1. The van der Waals surface area contributed by atoms with E-state index in [0.29, 0.717) is 12.8 Å². The van der Waals surface area contributed by atoms with E-state index >= 15 is 0 Å². The van der Waals surface area contributed by atoms with E-state index in [2.05, 4.69) is 10.1 Å². The first-order valence-electron chi connectivity index (χ1n) is 7.83. The molecule has 0 radical (unpaired) electrons. The quantitative estimate of drug-likeness (QED) is 0.319. The number of ether oxygens (including phenoxy) is 1. The van der Waals surface area contributed by atoms with E-state index in [1.807, 2.05) is 0 Å². The Bertz CT molecular complexity index is 600. The van der Waals surface area contributed by atoms with E-state index in [4.69, 9.17) is 9.66 Å². The van der Waals surface area contributed by atoms with Gasteiger partial charge in [0.25, 0.3) is 10.1 Å². The van der Waals surface area contributed by atoms with Crippen molar-refractivity contribution in [3.8, 4) is 0 Å². The summed E-state index contributed by atoms with van der Waals surface area (Å²) in [4.78, 5) is 11.5. The van der Waals surface area contributed by atoms with Crippen LogP contribution in [0.5, 0.6) is 0 Å². The molecule has 0 aromatic heterocycles. The van der Waals surface area contributed by atoms with Crippen LogP contribution in [-0.4, -0.2) is 66.4 Å². The Morgan fingerprint density at radius 2 is 1.56 bits per heavy atom. The molecule has 1 aliphatic carbocycles. The standard InChI is InChI=1S/C13H19F6NO6S/c14-12(15,16)11(22,13(17,18)19)10(21)26-9(7-27(23,24)25)6-20-8-4-2-1-3-5-8/h8-9,20,22H,1-7H2,(H,23,24,25). The molecule has 0 saturated heterocycles. The molecule has 1 rings (SSSR count). The molecule has 1 aliphatic rings. The highest BCUT2D eigenvalue weighted by Gasteiger charge is 2.76. The summed E-state index contributed by atoms with van der Waals surface area (Å²) >= 11 is 0. The molecule has 0 aromatic rings. The molecular formula is C13H19F6NO6S. The van der Waals surface area contributed by atoms with Gasteiger partial charge in [-0.05, 0) is 12.8 Å². The second kappa shape index (κ2) is 8.49. The molecule has 7 nitrogen and oxygen atoms in total. The maximum Gasteiger partial charge on any atom is 0.437 e. The van der Waals surface area contributed by atoms with E-state index in [1.54, 1.807) is 0 Å². The summed E-state index contributed by atoms with van der Waals surface area (Å²) in [6.45, 7) is -0.623. The van der Waals surface area contributed by atoms with Gasteiger partial charge in [-0.15, -0.1) is 0 Å². The van der Waals surface area contributed by atoms with Crippen molar-refractivity contribution in [2.75, 3.05) is 12.3 Å². The number of rotatable bonds is 7. The molecule has 160 valence electrons. The lowest BCUT2D eigenvalue weighted by Crippen LogP contribution is -2.63. The fourth-order valence-corrected chi connectivity index (χ4v) is 3.26. The lowest BCUT2D eigenvalue weighted by Gasteiger charge is -2.32. The van der Waals surface area contributed by atoms with E-state index in [9.17, 15) is 39.6 Å². The average molecular weight is 431 g/mol. The number of carbonyl (C=O) groups is 1. The molecule has 14 heteroatoms.